The van der Waals surface area contributed by atoms with Crippen molar-refractivity contribution < 1.29 is 23.9 Å². The van der Waals surface area contributed by atoms with E-state index in [-0.39, 0.29) is 12.6 Å². The summed E-state index contributed by atoms with van der Waals surface area (Å²) in [5, 5.41) is 11.5. The zero-order valence-corrected chi connectivity index (χ0v) is 11.5. The fourth-order valence-electron chi connectivity index (χ4n) is 2.46. The van der Waals surface area contributed by atoms with Gasteiger partial charge in [0.15, 0.2) is 0 Å². The Morgan fingerprint density at radius 2 is 2.35 bits per heavy atom. The predicted octanol–water partition coefficient (Wildman–Crippen LogP) is 1.17. The van der Waals surface area contributed by atoms with Crippen LogP contribution in [0, 0.1) is 0 Å². The first-order valence-corrected chi connectivity index (χ1v) is 6.67. The molecule has 2 atom stereocenters. The lowest BCUT2D eigenvalue weighted by molar-refractivity contribution is 0.0978. The standard InChI is InChI=1S/C12H13BClNO5/c1-6-5-18-8-3-2-7(14)10-9(4-15-12(16)17)20-13(19-6)11(8)10/h2-3,6,9,15H,4-5H2,1H3,(H,16,17). The van der Waals surface area contributed by atoms with Crippen molar-refractivity contribution >= 4 is 30.3 Å². The van der Waals surface area contributed by atoms with Crippen LogP contribution in [-0.2, 0) is 9.31 Å². The van der Waals surface area contributed by atoms with Crippen LogP contribution in [-0.4, -0.2) is 37.6 Å². The van der Waals surface area contributed by atoms with Crippen LogP contribution in [0.25, 0.3) is 0 Å². The highest BCUT2D eigenvalue weighted by atomic mass is 35.5. The van der Waals surface area contributed by atoms with Crippen LogP contribution in [0.4, 0.5) is 4.79 Å². The summed E-state index contributed by atoms with van der Waals surface area (Å²) in [5.41, 5.74) is 1.50. The number of carboxylic acid groups (broad SMARTS) is 1. The quantitative estimate of drug-likeness (QED) is 0.801. The molecular weight excluding hydrogens is 284 g/mol. The van der Waals surface area contributed by atoms with E-state index in [1.807, 2.05) is 6.92 Å². The first-order chi connectivity index (χ1) is 9.56. The molecule has 2 aliphatic heterocycles. The summed E-state index contributed by atoms with van der Waals surface area (Å²) in [6.45, 7) is 2.44. The molecule has 0 saturated carbocycles. The van der Waals surface area contributed by atoms with Gasteiger partial charge in [0, 0.05) is 22.6 Å². The lowest BCUT2D eigenvalue weighted by Crippen LogP contribution is -2.34. The maximum Gasteiger partial charge on any atom is 0.498 e. The van der Waals surface area contributed by atoms with E-state index in [0.29, 0.717) is 17.4 Å². The SMILES string of the molecule is CC1COc2ccc(Cl)c3c2B(O1)OC3CNC(=O)O. The minimum absolute atomic E-state index is 0.111. The third-order valence-electron chi connectivity index (χ3n) is 3.31. The van der Waals surface area contributed by atoms with Crippen molar-refractivity contribution in [1.82, 2.24) is 5.32 Å². The van der Waals surface area contributed by atoms with E-state index < -0.39 is 19.3 Å². The second-order valence-electron chi connectivity index (χ2n) is 4.77. The van der Waals surface area contributed by atoms with Crippen LogP contribution in [0.1, 0.15) is 18.6 Å². The zero-order valence-electron chi connectivity index (χ0n) is 10.8. The average molecular weight is 298 g/mol. The molecule has 1 aromatic rings. The summed E-state index contributed by atoms with van der Waals surface area (Å²) in [6, 6.07) is 3.51. The largest absolute Gasteiger partial charge is 0.498 e. The monoisotopic (exact) mass is 297 g/mol. The average Bonchev–Trinajstić information content (AvgIpc) is 2.67. The summed E-state index contributed by atoms with van der Waals surface area (Å²) < 4.78 is 17.2. The summed E-state index contributed by atoms with van der Waals surface area (Å²) >= 11 is 6.22. The fourth-order valence-corrected chi connectivity index (χ4v) is 2.75. The number of benzene rings is 1. The lowest BCUT2D eigenvalue weighted by atomic mass is 9.77. The second-order valence-corrected chi connectivity index (χ2v) is 5.18. The number of hydrogen-bond donors (Lipinski definition) is 2. The van der Waals surface area contributed by atoms with E-state index in [9.17, 15) is 4.79 Å². The topological polar surface area (TPSA) is 77.0 Å². The smallest absolute Gasteiger partial charge is 0.491 e. The van der Waals surface area contributed by atoms with Gasteiger partial charge in [0.25, 0.3) is 0 Å². The van der Waals surface area contributed by atoms with Gasteiger partial charge in [0.1, 0.15) is 12.4 Å². The molecule has 2 unspecified atom stereocenters. The minimum Gasteiger partial charge on any atom is -0.491 e. The van der Waals surface area contributed by atoms with Crippen LogP contribution in [0.3, 0.4) is 0 Å². The number of hydrogen-bond acceptors (Lipinski definition) is 4. The molecule has 0 bridgehead atoms. The number of rotatable bonds is 2. The molecular formula is C12H13BClNO5. The van der Waals surface area contributed by atoms with E-state index in [2.05, 4.69) is 5.32 Å². The van der Waals surface area contributed by atoms with Gasteiger partial charge < -0.3 is 24.5 Å². The Morgan fingerprint density at radius 3 is 3.10 bits per heavy atom. The zero-order chi connectivity index (χ0) is 14.3. The summed E-state index contributed by atoms with van der Waals surface area (Å²) in [7, 11) is -0.572. The van der Waals surface area contributed by atoms with E-state index in [1.54, 1.807) is 12.1 Å². The molecule has 6 nitrogen and oxygen atoms in total. The van der Waals surface area contributed by atoms with E-state index in [4.69, 9.17) is 30.8 Å². The Labute approximate surface area is 121 Å². The summed E-state index contributed by atoms with van der Waals surface area (Å²) in [6.07, 6.45) is -1.71. The number of ether oxygens (including phenoxy) is 1. The molecule has 8 heteroatoms. The first kappa shape index (κ1) is 13.5. The number of halogens is 1. The van der Waals surface area contributed by atoms with Crippen LogP contribution in [0.5, 0.6) is 5.75 Å². The Hall–Kier alpha value is -1.44. The molecule has 106 valence electrons. The molecule has 2 N–H and O–H groups in total. The van der Waals surface area contributed by atoms with Crippen molar-refractivity contribution in [1.29, 1.82) is 0 Å². The Morgan fingerprint density at radius 1 is 1.55 bits per heavy atom. The van der Waals surface area contributed by atoms with Gasteiger partial charge in [-0.1, -0.05) is 11.6 Å². The maximum absolute atomic E-state index is 10.6. The fraction of sp³-hybridized carbons (Fsp3) is 0.417. The molecule has 1 amide bonds. The Balaban J connectivity index is 1.97. The number of amides is 1. The highest BCUT2D eigenvalue weighted by molar-refractivity contribution is 6.64. The van der Waals surface area contributed by atoms with Gasteiger partial charge in [-0.15, -0.1) is 0 Å². The molecule has 20 heavy (non-hydrogen) atoms. The van der Waals surface area contributed by atoms with Gasteiger partial charge in [0.05, 0.1) is 12.2 Å². The van der Waals surface area contributed by atoms with Crippen molar-refractivity contribution in [2.24, 2.45) is 0 Å². The van der Waals surface area contributed by atoms with Gasteiger partial charge >= 0.3 is 13.2 Å². The summed E-state index contributed by atoms with van der Waals surface area (Å²) in [5.74, 6) is 0.677. The Bertz CT molecular complexity index is 555. The van der Waals surface area contributed by atoms with Gasteiger partial charge in [-0.25, -0.2) is 4.79 Å². The van der Waals surface area contributed by atoms with Crippen molar-refractivity contribution in [2.45, 2.75) is 19.1 Å². The van der Waals surface area contributed by atoms with Gasteiger partial charge in [-0.2, -0.15) is 0 Å². The van der Waals surface area contributed by atoms with Crippen LogP contribution in [0.2, 0.25) is 5.02 Å². The van der Waals surface area contributed by atoms with Crippen molar-refractivity contribution in [3.05, 3.63) is 22.7 Å². The van der Waals surface area contributed by atoms with Crippen molar-refractivity contribution in [3.63, 3.8) is 0 Å². The molecule has 0 spiro atoms. The van der Waals surface area contributed by atoms with Gasteiger partial charge in [0.2, 0.25) is 0 Å². The van der Waals surface area contributed by atoms with E-state index in [1.165, 1.54) is 0 Å². The molecule has 0 fully saturated rings. The van der Waals surface area contributed by atoms with E-state index >= 15 is 0 Å². The van der Waals surface area contributed by atoms with Crippen molar-refractivity contribution in [2.75, 3.05) is 13.2 Å². The van der Waals surface area contributed by atoms with E-state index in [0.717, 1.165) is 11.0 Å². The van der Waals surface area contributed by atoms with Crippen LogP contribution in [0.15, 0.2) is 12.1 Å². The second kappa shape index (κ2) is 5.16. The molecule has 0 aliphatic carbocycles. The van der Waals surface area contributed by atoms with Gasteiger partial charge in [-0.3, -0.25) is 0 Å². The third-order valence-corrected chi connectivity index (χ3v) is 3.64. The predicted molar refractivity (Wildman–Crippen MR) is 72.7 cm³/mol. The molecule has 3 rings (SSSR count). The summed E-state index contributed by atoms with van der Waals surface area (Å²) in [4.78, 5) is 10.6. The minimum atomic E-state index is -1.11. The Kier molecular flexibility index (Phi) is 3.49. The van der Waals surface area contributed by atoms with Crippen molar-refractivity contribution in [3.8, 4) is 5.75 Å². The molecule has 2 aliphatic rings. The highest BCUT2D eigenvalue weighted by Gasteiger charge is 2.44. The third kappa shape index (κ3) is 2.32. The lowest BCUT2D eigenvalue weighted by Gasteiger charge is -2.17. The molecule has 0 radical (unpaired) electrons. The normalized spacial score (nSPS) is 23.8. The molecule has 0 aromatic heterocycles. The number of carbonyl (C=O) groups is 1. The first-order valence-electron chi connectivity index (χ1n) is 6.29. The molecule has 0 saturated heterocycles. The van der Waals surface area contributed by atoms with Crippen LogP contribution >= 0.6 is 11.6 Å². The molecule has 2 heterocycles. The van der Waals surface area contributed by atoms with Crippen LogP contribution < -0.4 is 15.5 Å². The maximum atomic E-state index is 10.6. The number of nitrogens with one attached hydrogen (secondary N) is 1. The highest BCUT2D eigenvalue weighted by Crippen LogP contribution is 2.35. The molecule has 1 aromatic carbocycles. The van der Waals surface area contributed by atoms with Gasteiger partial charge in [-0.05, 0) is 19.1 Å².